The molecule has 1 N–H and O–H groups in total. The number of carbonyl (C=O) groups is 1. The predicted molar refractivity (Wildman–Crippen MR) is 87.5 cm³/mol. The summed E-state index contributed by atoms with van der Waals surface area (Å²) in [6.07, 6.45) is 7.28. The highest BCUT2D eigenvalue weighted by molar-refractivity contribution is 5.93. The van der Waals surface area contributed by atoms with Gasteiger partial charge >= 0.3 is 0 Å². The van der Waals surface area contributed by atoms with Crippen LogP contribution in [0.5, 0.6) is 0 Å². The van der Waals surface area contributed by atoms with Crippen molar-refractivity contribution in [2.75, 3.05) is 6.54 Å². The molecule has 6 nitrogen and oxygen atoms in total. The predicted octanol–water partition coefficient (Wildman–Crippen LogP) is 3.34. The average molecular weight is 332 g/mol. The molecule has 0 saturated carbocycles. The Bertz CT molecular complexity index is 650. The van der Waals surface area contributed by atoms with Crippen molar-refractivity contribution in [3.63, 3.8) is 0 Å². The largest absolute Gasteiger partial charge is 0.467 e. The molecular formula is C18H24N2O4. The van der Waals surface area contributed by atoms with Gasteiger partial charge in [-0.3, -0.25) is 4.79 Å². The van der Waals surface area contributed by atoms with Gasteiger partial charge in [-0.25, -0.2) is 4.98 Å². The first kappa shape index (κ1) is 16.8. The van der Waals surface area contributed by atoms with Gasteiger partial charge < -0.3 is 18.8 Å². The van der Waals surface area contributed by atoms with Crippen molar-refractivity contribution in [2.45, 2.75) is 57.6 Å². The van der Waals surface area contributed by atoms with Gasteiger partial charge in [0.05, 0.1) is 6.26 Å². The third-order valence-electron chi connectivity index (χ3n) is 4.67. The fourth-order valence-electron chi connectivity index (χ4n) is 3.38. The van der Waals surface area contributed by atoms with Crippen LogP contribution in [0.1, 0.15) is 67.1 Å². The van der Waals surface area contributed by atoms with Gasteiger partial charge in [0.15, 0.2) is 12.1 Å². The molecule has 2 atom stereocenters. The van der Waals surface area contributed by atoms with E-state index in [1.54, 1.807) is 18.4 Å². The second kappa shape index (κ2) is 7.66. The van der Waals surface area contributed by atoms with E-state index in [1.807, 2.05) is 11.8 Å². The van der Waals surface area contributed by atoms with E-state index >= 15 is 0 Å². The first-order valence-electron chi connectivity index (χ1n) is 8.65. The summed E-state index contributed by atoms with van der Waals surface area (Å²) in [5, 5.41) is 10.4. The van der Waals surface area contributed by atoms with E-state index in [2.05, 4.69) is 4.98 Å². The molecule has 6 heteroatoms. The topological polar surface area (TPSA) is 79.7 Å². The van der Waals surface area contributed by atoms with Crippen LogP contribution in [-0.2, 0) is 6.42 Å². The molecule has 1 amide bonds. The van der Waals surface area contributed by atoms with Crippen molar-refractivity contribution < 1.29 is 18.7 Å². The second-order valence-corrected chi connectivity index (χ2v) is 6.25. The SMILES string of the molecule is CCc1ocnc1C(=O)N1CCCCC[C@@H]1C[C@@H](O)c1ccco1. The maximum absolute atomic E-state index is 13.0. The second-order valence-electron chi connectivity index (χ2n) is 6.25. The number of nitrogens with zero attached hydrogens (tertiary/aromatic N) is 2. The van der Waals surface area contributed by atoms with Gasteiger partial charge in [0.2, 0.25) is 0 Å². The van der Waals surface area contributed by atoms with Crippen molar-refractivity contribution in [3.05, 3.63) is 42.0 Å². The van der Waals surface area contributed by atoms with E-state index in [-0.39, 0.29) is 11.9 Å². The van der Waals surface area contributed by atoms with Crippen LogP contribution in [-0.4, -0.2) is 33.5 Å². The van der Waals surface area contributed by atoms with E-state index in [1.165, 1.54) is 6.39 Å². The summed E-state index contributed by atoms with van der Waals surface area (Å²) in [6, 6.07) is 3.50. The summed E-state index contributed by atoms with van der Waals surface area (Å²) in [4.78, 5) is 18.9. The highest BCUT2D eigenvalue weighted by Crippen LogP contribution is 2.28. The van der Waals surface area contributed by atoms with Gasteiger partial charge in [-0.2, -0.15) is 0 Å². The Balaban J connectivity index is 1.78. The van der Waals surface area contributed by atoms with Gasteiger partial charge in [-0.15, -0.1) is 0 Å². The van der Waals surface area contributed by atoms with E-state index in [9.17, 15) is 9.90 Å². The quantitative estimate of drug-likeness (QED) is 0.908. The molecule has 3 heterocycles. The Hall–Kier alpha value is -2.08. The molecule has 1 aliphatic heterocycles. The molecule has 1 aliphatic rings. The normalized spacial score (nSPS) is 19.9. The van der Waals surface area contributed by atoms with E-state index in [0.717, 1.165) is 25.7 Å². The van der Waals surface area contributed by atoms with Gasteiger partial charge in [-0.05, 0) is 25.0 Å². The molecule has 24 heavy (non-hydrogen) atoms. The number of aromatic nitrogens is 1. The summed E-state index contributed by atoms with van der Waals surface area (Å²) in [6.45, 7) is 2.63. The first-order chi connectivity index (χ1) is 11.7. The molecule has 0 radical (unpaired) electrons. The van der Waals surface area contributed by atoms with E-state index in [4.69, 9.17) is 8.83 Å². The van der Waals surface area contributed by atoms with E-state index < -0.39 is 6.10 Å². The van der Waals surface area contributed by atoms with Crippen molar-refractivity contribution in [3.8, 4) is 0 Å². The number of likely N-dealkylation sites (tertiary alicyclic amines) is 1. The number of furan rings is 1. The minimum Gasteiger partial charge on any atom is -0.467 e. The Labute approximate surface area is 141 Å². The number of aryl methyl sites for hydroxylation is 1. The van der Waals surface area contributed by atoms with Crippen molar-refractivity contribution in [1.82, 2.24) is 9.88 Å². The lowest BCUT2D eigenvalue weighted by molar-refractivity contribution is 0.0551. The van der Waals surface area contributed by atoms with Gasteiger partial charge in [0.1, 0.15) is 17.6 Å². The number of rotatable bonds is 5. The van der Waals surface area contributed by atoms with Crippen molar-refractivity contribution in [1.29, 1.82) is 0 Å². The zero-order valence-electron chi connectivity index (χ0n) is 14.0. The zero-order valence-corrected chi connectivity index (χ0v) is 14.0. The van der Waals surface area contributed by atoms with E-state index in [0.29, 0.717) is 36.6 Å². The molecule has 1 fully saturated rings. The van der Waals surface area contributed by atoms with Crippen molar-refractivity contribution >= 4 is 5.91 Å². The molecule has 2 aromatic heterocycles. The maximum atomic E-state index is 13.0. The van der Waals surface area contributed by atoms with Crippen LogP contribution in [0, 0.1) is 0 Å². The Morgan fingerprint density at radius 2 is 2.29 bits per heavy atom. The first-order valence-corrected chi connectivity index (χ1v) is 8.65. The van der Waals surface area contributed by atoms with Gasteiger partial charge in [-0.1, -0.05) is 19.8 Å². The molecule has 0 aromatic carbocycles. The summed E-state index contributed by atoms with van der Waals surface area (Å²) in [5.41, 5.74) is 0.400. The average Bonchev–Trinajstić information content (AvgIpc) is 3.23. The third kappa shape index (κ3) is 3.53. The lowest BCUT2D eigenvalue weighted by Gasteiger charge is -2.30. The highest BCUT2D eigenvalue weighted by Gasteiger charge is 2.31. The van der Waals surface area contributed by atoms with Crippen molar-refractivity contribution in [2.24, 2.45) is 0 Å². The molecule has 0 unspecified atom stereocenters. The molecule has 130 valence electrons. The highest BCUT2D eigenvalue weighted by atomic mass is 16.4. The lowest BCUT2D eigenvalue weighted by atomic mass is 10.0. The van der Waals surface area contributed by atoms with Gasteiger partial charge in [0.25, 0.3) is 5.91 Å². The Morgan fingerprint density at radius 3 is 3.04 bits per heavy atom. The molecule has 0 aliphatic carbocycles. The van der Waals surface area contributed by atoms with Crippen LogP contribution in [0.15, 0.2) is 33.6 Å². The van der Waals surface area contributed by atoms with Crippen LogP contribution in [0.3, 0.4) is 0 Å². The fraction of sp³-hybridized carbons (Fsp3) is 0.556. The summed E-state index contributed by atoms with van der Waals surface area (Å²) < 4.78 is 10.6. The maximum Gasteiger partial charge on any atom is 0.276 e. The monoisotopic (exact) mass is 332 g/mol. The summed E-state index contributed by atoms with van der Waals surface area (Å²) in [7, 11) is 0. The fourth-order valence-corrected chi connectivity index (χ4v) is 3.38. The standard InChI is InChI=1S/C18H24N2O4/c1-2-15-17(19-12-24-15)18(22)20-9-5-3-4-7-13(20)11-14(21)16-8-6-10-23-16/h6,8,10,12-14,21H,2-5,7,9,11H2,1H3/t13-,14-/m1/s1. The van der Waals surface area contributed by atoms with Crippen LogP contribution in [0.25, 0.3) is 0 Å². The van der Waals surface area contributed by atoms with Gasteiger partial charge in [0, 0.05) is 25.4 Å². The molecular weight excluding hydrogens is 308 g/mol. The van der Waals surface area contributed by atoms with Crippen LogP contribution >= 0.6 is 0 Å². The minimum atomic E-state index is -0.707. The molecule has 0 bridgehead atoms. The number of hydrogen-bond acceptors (Lipinski definition) is 5. The number of aliphatic hydroxyl groups excluding tert-OH is 1. The van der Waals surface area contributed by atoms with Crippen LogP contribution in [0.4, 0.5) is 0 Å². The molecule has 0 spiro atoms. The Kier molecular flexibility index (Phi) is 5.35. The summed E-state index contributed by atoms with van der Waals surface area (Å²) in [5.74, 6) is 1.07. The number of hydrogen-bond donors (Lipinski definition) is 1. The number of amides is 1. The number of oxazole rings is 1. The van der Waals surface area contributed by atoms with Crippen LogP contribution < -0.4 is 0 Å². The van der Waals surface area contributed by atoms with Crippen LogP contribution in [0.2, 0.25) is 0 Å². The molecule has 3 rings (SSSR count). The molecule has 1 saturated heterocycles. The minimum absolute atomic E-state index is 0.0264. The smallest absolute Gasteiger partial charge is 0.276 e. The third-order valence-corrected chi connectivity index (χ3v) is 4.67. The zero-order chi connectivity index (χ0) is 16.9. The molecule has 2 aromatic rings. The Morgan fingerprint density at radius 1 is 1.42 bits per heavy atom. The summed E-state index contributed by atoms with van der Waals surface area (Å²) >= 11 is 0. The number of aliphatic hydroxyl groups is 1. The number of carbonyl (C=O) groups excluding carboxylic acids is 1. The lowest BCUT2D eigenvalue weighted by Crippen LogP contribution is -2.41.